The number of sulfonamides is 1. The second-order valence-electron chi connectivity index (χ2n) is 8.60. The molecule has 1 amide bonds. The lowest BCUT2D eigenvalue weighted by Crippen LogP contribution is -2.26. The number of benzene rings is 4. The highest BCUT2D eigenvalue weighted by Gasteiger charge is 2.35. The molecule has 0 aliphatic carbocycles. The van der Waals surface area contributed by atoms with Crippen molar-refractivity contribution in [2.75, 3.05) is 4.90 Å². The van der Waals surface area contributed by atoms with Crippen molar-refractivity contribution in [3.63, 3.8) is 0 Å². The van der Waals surface area contributed by atoms with Gasteiger partial charge in [-0.15, -0.1) is 0 Å². The Bertz CT molecular complexity index is 1660. The molecule has 37 heavy (non-hydrogen) atoms. The number of carboxylic acids is 1. The summed E-state index contributed by atoms with van der Waals surface area (Å²) >= 11 is 0. The molecule has 4 aromatic carbocycles. The van der Waals surface area contributed by atoms with Crippen LogP contribution < -0.4 is 10.0 Å². The number of carbonyl (C=O) groups excluding carboxylic acids is 1. The number of nitrogens with zero attached hydrogens (tertiary/aromatic N) is 1. The molecule has 3 N–H and O–H groups in total. The third-order valence-corrected chi connectivity index (χ3v) is 7.15. The quantitative estimate of drug-likeness (QED) is 0.369. The molecule has 0 radical (unpaired) electrons. The predicted molar refractivity (Wildman–Crippen MR) is 141 cm³/mol. The largest absolute Gasteiger partial charge is 0.478 e. The second kappa shape index (κ2) is 9.50. The van der Waals surface area contributed by atoms with Crippen LogP contribution >= 0.6 is 0 Å². The van der Waals surface area contributed by atoms with E-state index >= 15 is 0 Å². The van der Waals surface area contributed by atoms with Crippen LogP contribution in [-0.2, 0) is 21.4 Å². The average Bonchev–Trinajstić information content (AvgIpc) is 3.16. The van der Waals surface area contributed by atoms with Crippen LogP contribution in [0.25, 0.3) is 11.1 Å². The molecule has 184 valence electrons. The molecule has 8 heteroatoms. The Balaban J connectivity index is 1.69. The van der Waals surface area contributed by atoms with Gasteiger partial charge < -0.3 is 10.0 Å². The van der Waals surface area contributed by atoms with Crippen molar-refractivity contribution < 1.29 is 23.1 Å². The van der Waals surface area contributed by atoms with Crippen LogP contribution in [0.5, 0.6) is 0 Å². The van der Waals surface area contributed by atoms with Crippen molar-refractivity contribution in [1.29, 1.82) is 0 Å². The summed E-state index contributed by atoms with van der Waals surface area (Å²) in [4.78, 5) is 27.1. The normalized spacial score (nSPS) is 14.4. The van der Waals surface area contributed by atoms with Crippen molar-refractivity contribution in [3.05, 3.63) is 131 Å². The molecule has 0 saturated carbocycles. The number of anilines is 1. The minimum atomic E-state index is -3.87. The molecule has 1 heterocycles. The number of hydrogen-bond donors (Lipinski definition) is 2. The summed E-state index contributed by atoms with van der Waals surface area (Å²) < 4.78 is 23.6. The first-order chi connectivity index (χ1) is 17.7. The Hall–Kier alpha value is -4.53. The van der Waals surface area contributed by atoms with Crippen molar-refractivity contribution in [1.82, 2.24) is 0 Å². The number of amides is 1. The highest BCUT2D eigenvalue weighted by atomic mass is 32.2. The summed E-state index contributed by atoms with van der Waals surface area (Å²) in [7, 11) is -3.87. The molecule has 7 nitrogen and oxygen atoms in total. The number of rotatable bonds is 6. The lowest BCUT2D eigenvalue weighted by Gasteiger charge is -2.18. The van der Waals surface area contributed by atoms with E-state index in [1.54, 1.807) is 35.2 Å². The van der Waals surface area contributed by atoms with Gasteiger partial charge in [0, 0.05) is 11.1 Å². The van der Waals surface area contributed by atoms with Crippen molar-refractivity contribution in [2.24, 2.45) is 5.14 Å². The topological polar surface area (TPSA) is 118 Å². The van der Waals surface area contributed by atoms with Gasteiger partial charge in [-0.3, -0.25) is 4.79 Å². The van der Waals surface area contributed by atoms with Gasteiger partial charge in [-0.05, 0) is 47.0 Å². The van der Waals surface area contributed by atoms with E-state index in [0.717, 1.165) is 11.1 Å². The van der Waals surface area contributed by atoms with Gasteiger partial charge in [0.25, 0.3) is 5.91 Å². The monoisotopic (exact) mass is 510 g/mol. The molecule has 0 aromatic heterocycles. The van der Waals surface area contributed by atoms with Crippen molar-refractivity contribution in [2.45, 2.75) is 11.4 Å². The van der Waals surface area contributed by atoms with Crippen molar-refractivity contribution >= 4 is 38.7 Å². The third-order valence-electron chi connectivity index (χ3n) is 6.22. The molecule has 0 atom stereocenters. The summed E-state index contributed by atoms with van der Waals surface area (Å²) in [5, 5.41) is 14.7. The van der Waals surface area contributed by atoms with E-state index in [1.807, 2.05) is 54.6 Å². The highest BCUT2D eigenvalue weighted by Crippen LogP contribution is 2.43. The minimum absolute atomic E-state index is 0.0215. The van der Waals surface area contributed by atoms with Crippen LogP contribution in [0, 0.1) is 0 Å². The van der Waals surface area contributed by atoms with Gasteiger partial charge in [0.15, 0.2) is 0 Å². The molecule has 0 fully saturated rings. The molecule has 0 saturated heterocycles. The first-order valence-electron chi connectivity index (χ1n) is 11.4. The van der Waals surface area contributed by atoms with Gasteiger partial charge in [-0.2, -0.15) is 0 Å². The number of hydrogen-bond acceptors (Lipinski definition) is 4. The molecular weight excluding hydrogens is 488 g/mol. The fourth-order valence-electron chi connectivity index (χ4n) is 4.54. The Kier molecular flexibility index (Phi) is 6.20. The van der Waals surface area contributed by atoms with Gasteiger partial charge in [0.1, 0.15) is 0 Å². The van der Waals surface area contributed by atoms with E-state index in [1.165, 1.54) is 18.2 Å². The molecular formula is C29H22N2O5S. The van der Waals surface area contributed by atoms with E-state index in [-0.39, 0.29) is 22.9 Å². The molecule has 0 bridgehead atoms. The van der Waals surface area contributed by atoms with Gasteiger partial charge >= 0.3 is 5.97 Å². The number of carboxylic acid groups (broad SMARTS) is 1. The summed E-state index contributed by atoms with van der Waals surface area (Å²) in [6, 6.07) is 29.5. The van der Waals surface area contributed by atoms with Crippen LogP contribution in [-0.4, -0.2) is 25.4 Å². The van der Waals surface area contributed by atoms with E-state index in [0.29, 0.717) is 28.0 Å². The number of nitrogens with two attached hydrogens (primary N) is 1. The number of carbonyl (C=O) groups is 2. The minimum Gasteiger partial charge on any atom is -0.478 e. The molecule has 5 rings (SSSR count). The Labute approximate surface area is 214 Å². The molecule has 1 aliphatic heterocycles. The maximum Gasteiger partial charge on any atom is 0.335 e. The number of para-hydroxylation sites is 1. The second-order valence-corrected chi connectivity index (χ2v) is 10.2. The predicted octanol–water partition coefficient (Wildman–Crippen LogP) is 4.54. The van der Waals surface area contributed by atoms with E-state index in [4.69, 9.17) is 5.14 Å². The zero-order valence-electron chi connectivity index (χ0n) is 19.5. The molecule has 0 spiro atoms. The zero-order valence-corrected chi connectivity index (χ0v) is 20.4. The summed E-state index contributed by atoms with van der Waals surface area (Å²) in [6.07, 6.45) is 0. The summed E-state index contributed by atoms with van der Waals surface area (Å²) in [5.41, 5.74) is 4.84. The van der Waals surface area contributed by atoms with Crippen LogP contribution in [0.2, 0.25) is 0 Å². The van der Waals surface area contributed by atoms with Crippen molar-refractivity contribution in [3.8, 4) is 0 Å². The van der Waals surface area contributed by atoms with Crippen LogP contribution in [0.1, 0.15) is 32.6 Å². The fraction of sp³-hybridized carbons (Fsp3) is 0.0345. The maximum atomic E-state index is 14.0. The average molecular weight is 511 g/mol. The maximum absolute atomic E-state index is 14.0. The first kappa shape index (κ1) is 24.2. The standard InChI is InChI=1S/C29H22N2O5S/c30-37(35,36)23-15-13-21(14-16-23)26(20-8-2-1-3-9-20)27-24-11-4-5-12-25(24)31(28(27)32)18-19-7-6-10-22(17-19)29(33)34/h1-17H,18H2,(H,33,34)(H2,30,35,36)/b27-26+. The van der Waals surface area contributed by atoms with Crippen LogP contribution in [0.15, 0.2) is 108 Å². The van der Waals surface area contributed by atoms with Gasteiger partial charge in [-0.25, -0.2) is 18.4 Å². The first-order valence-corrected chi connectivity index (χ1v) is 12.9. The molecule has 0 unspecified atom stereocenters. The summed E-state index contributed by atoms with van der Waals surface area (Å²) in [5.74, 6) is -1.28. The fourth-order valence-corrected chi connectivity index (χ4v) is 5.05. The third kappa shape index (κ3) is 4.67. The zero-order chi connectivity index (χ0) is 26.2. The highest BCUT2D eigenvalue weighted by molar-refractivity contribution is 7.89. The Morgan fingerprint density at radius 2 is 1.41 bits per heavy atom. The van der Waals surface area contributed by atoms with Crippen LogP contribution in [0.3, 0.4) is 0 Å². The lowest BCUT2D eigenvalue weighted by atomic mass is 9.90. The summed E-state index contributed by atoms with van der Waals surface area (Å²) in [6.45, 7) is 0.187. The van der Waals surface area contributed by atoms with Gasteiger partial charge in [-0.1, -0.05) is 72.8 Å². The molecule has 4 aromatic rings. The van der Waals surface area contributed by atoms with E-state index < -0.39 is 16.0 Å². The van der Waals surface area contributed by atoms with Gasteiger partial charge in [0.05, 0.1) is 28.3 Å². The Morgan fingerprint density at radius 1 is 0.784 bits per heavy atom. The Morgan fingerprint density at radius 3 is 2.08 bits per heavy atom. The smallest absolute Gasteiger partial charge is 0.335 e. The number of fused-ring (bicyclic) bond motifs is 1. The lowest BCUT2D eigenvalue weighted by molar-refractivity contribution is -0.113. The van der Waals surface area contributed by atoms with E-state index in [9.17, 15) is 23.1 Å². The number of primary sulfonamides is 1. The molecule has 1 aliphatic rings. The van der Waals surface area contributed by atoms with Gasteiger partial charge in [0.2, 0.25) is 10.0 Å². The number of aromatic carboxylic acids is 1. The van der Waals surface area contributed by atoms with E-state index in [2.05, 4.69) is 0 Å². The van der Waals surface area contributed by atoms with Crippen LogP contribution in [0.4, 0.5) is 5.69 Å². The SMILES string of the molecule is NS(=O)(=O)c1ccc(/C(=C2/C(=O)N(Cc3cccc(C(=O)O)c3)c3ccccc32)c2ccccc2)cc1.